The van der Waals surface area contributed by atoms with E-state index >= 15 is 0 Å². The number of carbonyl (C=O) groups excluding carboxylic acids is 1. The second-order valence-electron chi connectivity index (χ2n) is 3.57. The van der Waals surface area contributed by atoms with Gasteiger partial charge in [-0.3, -0.25) is 4.79 Å². The van der Waals surface area contributed by atoms with E-state index in [1.807, 2.05) is 30.3 Å². The summed E-state index contributed by atoms with van der Waals surface area (Å²) in [7, 11) is 0. The number of benzene rings is 1. The molecule has 3 N–H and O–H groups in total. The maximum Gasteiger partial charge on any atom is 0.230 e. The lowest BCUT2D eigenvalue weighted by molar-refractivity contribution is -0.118. The third kappa shape index (κ3) is 4.05. The van der Waals surface area contributed by atoms with Crippen LogP contribution in [0.2, 0.25) is 0 Å². The zero-order valence-electron chi connectivity index (χ0n) is 9.63. The summed E-state index contributed by atoms with van der Waals surface area (Å²) in [6.07, 6.45) is 1.69. The zero-order chi connectivity index (χ0) is 12.8. The molecule has 0 aliphatic heterocycles. The Kier molecular flexibility index (Phi) is 4.60. The van der Waals surface area contributed by atoms with Crippen LogP contribution in [0.15, 0.2) is 40.7 Å². The van der Waals surface area contributed by atoms with Gasteiger partial charge in [-0.05, 0) is 5.56 Å². The first kappa shape index (κ1) is 12.9. The van der Waals surface area contributed by atoms with Gasteiger partial charge in [0.1, 0.15) is 0 Å². The van der Waals surface area contributed by atoms with Gasteiger partial charge in [0.2, 0.25) is 5.91 Å². The lowest BCUT2D eigenvalue weighted by Crippen LogP contribution is -2.24. The van der Waals surface area contributed by atoms with Gasteiger partial charge < -0.3 is 11.1 Å². The van der Waals surface area contributed by atoms with E-state index in [0.717, 1.165) is 9.77 Å². The van der Waals surface area contributed by atoms with E-state index in [1.165, 1.54) is 23.1 Å². The standard InChI is InChI=1S/C12H13N3OS2/c13-12-15-7-11(18-12)17-8-10(16)14-6-9-4-2-1-3-5-9/h1-5,7H,6,8H2,(H2,13,15)(H,14,16). The molecule has 0 bridgehead atoms. The van der Waals surface area contributed by atoms with Gasteiger partial charge in [0.15, 0.2) is 5.13 Å². The molecule has 0 aliphatic carbocycles. The summed E-state index contributed by atoms with van der Waals surface area (Å²) in [5.74, 6) is 0.393. The Morgan fingerprint density at radius 2 is 2.17 bits per heavy atom. The number of nitrogen functional groups attached to an aromatic ring is 1. The summed E-state index contributed by atoms with van der Waals surface area (Å²) in [6.45, 7) is 0.561. The minimum absolute atomic E-state index is 0.0100. The first-order valence-corrected chi connectivity index (χ1v) is 7.19. The molecule has 0 aliphatic rings. The monoisotopic (exact) mass is 279 g/mol. The van der Waals surface area contributed by atoms with E-state index in [-0.39, 0.29) is 5.91 Å². The zero-order valence-corrected chi connectivity index (χ0v) is 11.3. The number of nitrogens with two attached hydrogens (primary N) is 1. The molecule has 6 heteroatoms. The number of nitrogens with one attached hydrogen (secondary N) is 1. The molecular weight excluding hydrogens is 266 g/mol. The highest BCUT2D eigenvalue weighted by atomic mass is 32.2. The molecule has 0 unspecified atom stereocenters. The Hall–Kier alpha value is -1.53. The fourth-order valence-electron chi connectivity index (χ4n) is 1.32. The fourth-order valence-corrected chi connectivity index (χ4v) is 2.91. The van der Waals surface area contributed by atoms with Crippen LogP contribution in [-0.4, -0.2) is 16.6 Å². The van der Waals surface area contributed by atoms with Crippen LogP contribution in [0.4, 0.5) is 5.13 Å². The minimum atomic E-state index is 0.0100. The van der Waals surface area contributed by atoms with Crippen LogP contribution in [-0.2, 0) is 11.3 Å². The Morgan fingerprint density at radius 1 is 1.39 bits per heavy atom. The Labute approximate surface area is 114 Å². The number of rotatable bonds is 5. The van der Waals surface area contributed by atoms with Gasteiger partial charge in [-0.1, -0.05) is 41.7 Å². The van der Waals surface area contributed by atoms with Crippen molar-refractivity contribution in [3.8, 4) is 0 Å². The van der Waals surface area contributed by atoms with Crippen molar-refractivity contribution in [2.45, 2.75) is 10.8 Å². The summed E-state index contributed by atoms with van der Waals surface area (Å²) in [4.78, 5) is 15.5. The molecule has 1 heterocycles. The predicted molar refractivity (Wildman–Crippen MR) is 75.5 cm³/mol. The molecule has 1 aromatic carbocycles. The fraction of sp³-hybridized carbons (Fsp3) is 0.167. The van der Waals surface area contributed by atoms with Crippen molar-refractivity contribution in [1.82, 2.24) is 10.3 Å². The van der Waals surface area contributed by atoms with Gasteiger partial charge in [-0.25, -0.2) is 4.98 Å². The number of nitrogens with zero attached hydrogens (tertiary/aromatic N) is 1. The highest BCUT2D eigenvalue weighted by molar-refractivity contribution is 8.01. The maximum atomic E-state index is 11.6. The molecule has 0 radical (unpaired) electrons. The molecule has 94 valence electrons. The van der Waals surface area contributed by atoms with Crippen molar-refractivity contribution in [2.24, 2.45) is 0 Å². The van der Waals surface area contributed by atoms with Crippen LogP contribution in [0.5, 0.6) is 0 Å². The van der Waals surface area contributed by atoms with E-state index in [9.17, 15) is 4.79 Å². The molecule has 4 nitrogen and oxygen atoms in total. The molecule has 0 saturated heterocycles. The molecule has 2 aromatic rings. The van der Waals surface area contributed by atoms with Gasteiger partial charge >= 0.3 is 0 Å². The third-order valence-corrected chi connectivity index (χ3v) is 4.20. The van der Waals surface area contributed by atoms with Crippen LogP contribution in [0.1, 0.15) is 5.56 Å². The highest BCUT2D eigenvalue weighted by Gasteiger charge is 2.05. The highest BCUT2D eigenvalue weighted by Crippen LogP contribution is 2.25. The van der Waals surface area contributed by atoms with Crippen LogP contribution >= 0.6 is 23.1 Å². The molecule has 1 aromatic heterocycles. The van der Waals surface area contributed by atoms with Gasteiger partial charge in [0.25, 0.3) is 0 Å². The lowest BCUT2D eigenvalue weighted by Gasteiger charge is -2.04. The molecule has 0 saturated carbocycles. The quantitative estimate of drug-likeness (QED) is 0.823. The van der Waals surface area contributed by atoms with E-state index in [4.69, 9.17) is 5.73 Å². The van der Waals surface area contributed by atoms with Crippen molar-refractivity contribution < 1.29 is 4.79 Å². The Balaban J connectivity index is 1.73. The summed E-state index contributed by atoms with van der Waals surface area (Å²) >= 11 is 2.84. The lowest BCUT2D eigenvalue weighted by atomic mass is 10.2. The average Bonchev–Trinajstić information content (AvgIpc) is 2.81. The van der Waals surface area contributed by atoms with Crippen molar-refractivity contribution in [3.05, 3.63) is 42.1 Å². The van der Waals surface area contributed by atoms with Crippen LogP contribution in [0, 0.1) is 0 Å². The minimum Gasteiger partial charge on any atom is -0.375 e. The van der Waals surface area contributed by atoms with Crippen molar-refractivity contribution >= 4 is 34.1 Å². The van der Waals surface area contributed by atoms with Gasteiger partial charge in [0.05, 0.1) is 16.2 Å². The maximum absolute atomic E-state index is 11.6. The molecule has 1 amide bonds. The summed E-state index contributed by atoms with van der Waals surface area (Å²) < 4.78 is 0.961. The normalized spacial score (nSPS) is 10.2. The van der Waals surface area contributed by atoms with E-state index in [1.54, 1.807) is 6.20 Å². The summed E-state index contributed by atoms with van der Waals surface area (Å²) in [5.41, 5.74) is 6.61. The third-order valence-electron chi connectivity index (χ3n) is 2.18. The smallest absolute Gasteiger partial charge is 0.230 e. The van der Waals surface area contributed by atoms with Crippen LogP contribution in [0.25, 0.3) is 0 Å². The van der Waals surface area contributed by atoms with Gasteiger partial charge in [-0.15, -0.1) is 11.8 Å². The van der Waals surface area contributed by atoms with Gasteiger partial charge in [0, 0.05) is 6.54 Å². The molecule has 0 spiro atoms. The van der Waals surface area contributed by atoms with E-state index in [2.05, 4.69) is 10.3 Å². The average molecular weight is 279 g/mol. The first-order chi connectivity index (χ1) is 8.74. The molecule has 2 rings (SSSR count). The SMILES string of the molecule is Nc1ncc(SCC(=O)NCc2ccccc2)s1. The number of hydrogen-bond donors (Lipinski definition) is 2. The van der Waals surface area contributed by atoms with Crippen molar-refractivity contribution in [3.63, 3.8) is 0 Å². The van der Waals surface area contributed by atoms with Crippen LogP contribution in [0.3, 0.4) is 0 Å². The number of anilines is 1. The second-order valence-corrected chi connectivity index (χ2v) is 5.91. The van der Waals surface area contributed by atoms with E-state index < -0.39 is 0 Å². The van der Waals surface area contributed by atoms with Crippen LogP contribution < -0.4 is 11.1 Å². The Bertz CT molecular complexity index is 513. The van der Waals surface area contributed by atoms with Crippen molar-refractivity contribution in [1.29, 1.82) is 0 Å². The molecule has 0 fully saturated rings. The number of aromatic nitrogens is 1. The summed E-state index contributed by atoms with van der Waals surface area (Å²) in [6, 6.07) is 9.83. The molecule has 18 heavy (non-hydrogen) atoms. The Morgan fingerprint density at radius 3 is 2.83 bits per heavy atom. The first-order valence-electron chi connectivity index (χ1n) is 5.39. The number of carbonyl (C=O) groups is 1. The van der Waals surface area contributed by atoms with Gasteiger partial charge in [-0.2, -0.15) is 0 Å². The largest absolute Gasteiger partial charge is 0.375 e. The molecular formula is C12H13N3OS2. The summed E-state index contributed by atoms with van der Waals surface area (Å²) in [5, 5.41) is 3.40. The van der Waals surface area contributed by atoms with E-state index in [0.29, 0.717) is 17.4 Å². The number of amides is 1. The second kappa shape index (κ2) is 6.42. The van der Waals surface area contributed by atoms with Crippen molar-refractivity contribution in [2.75, 3.05) is 11.5 Å². The molecule has 0 atom stereocenters. The predicted octanol–water partition coefficient (Wildman–Crippen LogP) is 2.13. The number of hydrogen-bond acceptors (Lipinski definition) is 5. The number of thiazole rings is 1. The topological polar surface area (TPSA) is 68.0 Å². The number of thioether (sulfide) groups is 1.